The smallest absolute Gasteiger partial charge is 0.178 e. The number of hydrogen-bond donors (Lipinski definition) is 2. The van der Waals surface area contributed by atoms with Crippen molar-refractivity contribution in [1.82, 2.24) is 5.32 Å². The number of rotatable bonds is 6. The molecule has 0 spiro atoms. The molecule has 0 bridgehead atoms. The van der Waals surface area contributed by atoms with Crippen molar-refractivity contribution >= 4 is 9.84 Å². The fraction of sp³-hybridized carbons (Fsp3) is 0.538. The maximum Gasteiger partial charge on any atom is 0.178 e. The third-order valence-electron chi connectivity index (χ3n) is 3.36. The van der Waals surface area contributed by atoms with Crippen LogP contribution < -0.4 is 11.1 Å². The van der Waals surface area contributed by atoms with E-state index in [0.717, 1.165) is 31.5 Å². The first-order valence-corrected chi connectivity index (χ1v) is 7.92. The van der Waals surface area contributed by atoms with Crippen molar-refractivity contribution in [2.45, 2.75) is 36.7 Å². The molecule has 100 valence electrons. The van der Waals surface area contributed by atoms with Gasteiger partial charge in [-0.05, 0) is 30.5 Å². The van der Waals surface area contributed by atoms with Crippen molar-refractivity contribution in [3.8, 4) is 0 Å². The quantitative estimate of drug-likeness (QED) is 0.809. The second-order valence-electron chi connectivity index (χ2n) is 5.01. The number of nitrogens with two attached hydrogens (primary N) is 1. The minimum Gasteiger partial charge on any atom is -0.324 e. The van der Waals surface area contributed by atoms with E-state index >= 15 is 0 Å². The van der Waals surface area contributed by atoms with Crippen molar-refractivity contribution in [1.29, 1.82) is 0 Å². The Balaban J connectivity index is 1.91. The molecule has 0 saturated heterocycles. The highest BCUT2D eigenvalue weighted by Gasteiger charge is 2.37. The molecule has 1 aromatic carbocycles. The van der Waals surface area contributed by atoms with Gasteiger partial charge in [-0.3, -0.25) is 0 Å². The van der Waals surface area contributed by atoms with Gasteiger partial charge < -0.3 is 11.1 Å². The lowest BCUT2D eigenvalue weighted by Gasteiger charge is -2.10. The molecule has 0 aromatic heterocycles. The average Bonchev–Trinajstić information content (AvgIpc) is 3.08. The Morgan fingerprint density at radius 1 is 1.28 bits per heavy atom. The number of nitrogens with one attached hydrogen (secondary N) is 1. The molecule has 1 fully saturated rings. The van der Waals surface area contributed by atoms with Crippen molar-refractivity contribution in [3.63, 3.8) is 0 Å². The summed E-state index contributed by atoms with van der Waals surface area (Å²) in [6.45, 7) is 3.20. The predicted molar refractivity (Wildman–Crippen MR) is 72.0 cm³/mol. The highest BCUT2D eigenvalue weighted by atomic mass is 32.2. The molecule has 18 heavy (non-hydrogen) atoms. The topological polar surface area (TPSA) is 72.2 Å². The van der Waals surface area contributed by atoms with Gasteiger partial charge in [-0.2, -0.15) is 0 Å². The molecule has 1 saturated carbocycles. The van der Waals surface area contributed by atoms with E-state index in [1.165, 1.54) is 0 Å². The van der Waals surface area contributed by atoms with Gasteiger partial charge >= 0.3 is 0 Å². The number of sulfone groups is 1. The first kappa shape index (κ1) is 13.5. The van der Waals surface area contributed by atoms with Crippen LogP contribution in [0.1, 0.15) is 25.3 Å². The van der Waals surface area contributed by atoms with Crippen LogP contribution in [0, 0.1) is 0 Å². The Morgan fingerprint density at radius 2 is 1.89 bits per heavy atom. The molecule has 1 aliphatic rings. The second kappa shape index (κ2) is 4.99. The maximum absolute atomic E-state index is 11.6. The largest absolute Gasteiger partial charge is 0.324 e. The number of benzene rings is 1. The van der Waals surface area contributed by atoms with Crippen LogP contribution in [0.5, 0.6) is 0 Å². The fourth-order valence-electron chi connectivity index (χ4n) is 1.77. The van der Waals surface area contributed by atoms with Crippen molar-refractivity contribution < 1.29 is 8.42 Å². The van der Waals surface area contributed by atoms with Crippen LogP contribution in [0.25, 0.3) is 0 Å². The molecule has 3 N–H and O–H groups in total. The zero-order valence-electron chi connectivity index (χ0n) is 10.6. The van der Waals surface area contributed by atoms with E-state index in [-0.39, 0.29) is 11.3 Å². The molecular formula is C13H20N2O2S. The molecule has 0 amide bonds. The highest BCUT2D eigenvalue weighted by molar-refractivity contribution is 7.91. The van der Waals surface area contributed by atoms with Crippen molar-refractivity contribution in [3.05, 3.63) is 29.8 Å². The molecule has 0 radical (unpaired) electrons. The monoisotopic (exact) mass is 268 g/mol. The van der Waals surface area contributed by atoms with Gasteiger partial charge in [0.25, 0.3) is 0 Å². The van der Waals surface area contributed by atoms with E-state index < -0.39 is 9.84 Å². The van der Waals surface area contributed by atoms with Gasteiger partial charge in [-0.25, -0.2) is 8.42 Å². The maximum atomic E-state index is 11.6. The predicted octanol–water partition coefficient (Wildman–Crippen LogP) is 1.06. The van der Waals surface area contributed by atoms with E-state index in [1.807, 2.05) is 12.1 Å². The van der Waals surface area contributed by atoms with Crippen LogP contribution >= 0.6 is 0 Å². The van der Waals surface area contributed by atoms with Gasteiger partial charge in [0.1, 0.15) is 0 Å². The fourth-order valence-corrected chi connectivity index (χ4v) is 2.66. The van der Waals surface area contributed by atoms with Gasteiger partial charge in [0.2, 0.25) is 0 Å². The van der Waals surface area contributed by atoms with E-state index in [4.69, 9.17) is 5.73 Å². The van der Waals surface area contributed by atoms with Crippen molar-refractivity contribution in [2.75, 3.05) is 12.3 Å². The van der Waals surface area contributed by atoms with Gasteiger partial charge in [-0.15, -0.1) is 0 Å². The zero-order chi connectivity index (χ0) is 13.2. The standard InChI is InChI=1S/C13H20N2O2S/c1-2-18(16,17)12-5-3-11(4-6-12)9-15-10-13(14)7-8-13/h3-6,15H,2,7-10,14H2,1H3. The summed E-state index contributed by atoms with van der Waals surface area (Å²) in [5, 5.41) is 3.30. The molecule has 4 nitrogen and oxygen atoms in total. The average molecular weight is 268 g/mol. The Morgan fingerprint density at radius 3 is 2.39 bits per heavy atom. The molecule has 1 aliphatic carbocycles. The minimum absolute atomic E-state index is 0.00545. The molecule has 5 heteroatoms. The Hall–Kier alpha value is -0.910. The third kappa shape index (κ3) is 3.31. The molecule has 0 atom stereocenters. The van der Waals surface area contributed by atoms with Crippen LogP contribution in [0.3, 0.4) is 0 Å². The van der Waals surface area contributed by atoms with Crippen LogP contribution in [0.4, 0.5) is 0 Å². The lowest BCUT2D eigenvalue weighted by Crippen LogP contribution is -2.35. The molecule has 0 unspecified atom stereocenters. The highest BCUT2D eigenvalue weighted by Crippen LogP contribution is 2.31. The molecule has 0 heterocycles. The third-order valence-corrected chi connectivity index (χ3v) is 5.11. The van der Waals surface area contributed by atoms with Gasteiger partial charge in [0, 0.05) is 18.6 Å². The first-order chi connectivity index (χ1) is 8.45. The van der Waals surface area contributed by atoms with Crippen molar-refractivity contribution in [2.24, 2.45) is 5.73 Å². The summed E-state index contributed by atoms with van der Waals surface area (Å²) < 4.78 is 23.3. The summed E-state index contributed by atoms with van der Waals surface area (Å²) in [5.41, 5.74) is 7.05. The van der Waals surface area contributed by atoms with Crippen LogP contribution in [-0.4, -0.2) is 26.3 Å². The SMILES string of the molecule is CCS(=O)(=O)c1ccc(CNCC2(N)CC2)cc1. The minimum atomic E-state index is -3.09. The number of hydrogen-bond acceptors (Lipinski definition) is 4. The second-order valence-corrected chi connectivity index (χ2v) is 7.29. The van der Waals surface area contributed by atoms with Gasteiger partial charge in [0.05, 0.1) is 10.6 Å². The lowest BCUT2D eigenvalue weighted by molar-refractivity contribution is 0.569. The van der Waals surface area contributed by atoms with E-state index in [0.29, 0.717) is 4.90 Å². The Labute approximate surface area is 108 Å². The lowest BCUT2D eigenvalue weighted by atomic mass is 10.2. The summed E-state index contributed by atoms with van der Waals surface area (Å²) in [4.78, 5) is 0.395. The first-order valence-electron chi connectivity index (χ1n) is 6.26. The summed E-state index contributed by atoms with van der Waals surface area (Å²) in [6, 6.07) is 7.05. The van der Waals surface area contributed by atoms with E-state index in [1.54, 1.807) is 19.1 Å². The van der Waals surface area contributed by atoms with E-state index in [2.05, 4.69) is 5.32 Å². The van der Waals surface area contributed by atoms with E-state index in [9.17, 15) is 8.42 Å². The Bertz CT molecular complexity index is 504. The molecule has 1 aromatic rings. The molecule has 0 aliphatic heterocycles. The van der Waals surface area contributed by atoms with Gasteiger partial charge in [-0.1, -0.05) is 19.1 Å². The Kier molecular flexibility index (Phi) is 3.75. The normalized spacial score (nSPS) is 17.7. The summed E-state index contributed by atoms with van der Waals surface area (Å²) >= 11 is 0. The summed E-state index contributed by atoms with van der Waals surface area (Å²) in [7, 11) is -3.09. The van der Waals surface area contributed by atoms with Gasteiger partial charge in [0.15, 0.2) is 9.84 Å². The molecule has 2 rings (SSSR count). The van der Waals surface area contributed by atoms with Crippen LogP contribution in [0.15, 0.2) is 29.2 Å². The molecular weight excluding hydrogens is 248 g/mol. The zero-order valence-corrected chi connectivity index (χ0v) is 11.5. The van der Waals surface area contributed by atoms with Crippen LogP contribution in [-0.2, 0) is 16.4 Å². The summed E-state index contributed by atoms with van der Waals surface area (Å²) in [5.74, 6) is 0.139. The van der Waals surface area contributed by atoms with Crippen LogP contribution in [0.2, 0.25) is 0 Å². The summed E-state index contributed by atoms with van der Waals surface area (Å²) in [6.07, 6.45) is 2.18.